The Morgan fingerprint density at radius 3 is 2.77 bits per heavy atom. The van der Waals surface area contributed by atoms with E-state index in [1.165, 1.54) is 16.4 Å². The first-order chi connectivity index (χ1) is 10.5. The Kier molecular flexibility index (Phi) is 3.78. The van der Waals surface area contributed by atoms with Gasteiger partial charge in [-0.15, -0.1) is 0 Å². The maximum absolute atomic E-state index is 13.6. The number of para-hydroxylation sites is 1. The quantitative estimate of drug-likeness (QED) is 0.870. The summed E-state index contributed by atoms with van der Waals surface area (Å²) in [5.74, 6) is -0.612. The van der Waals surface area contributed by atoms with Crippen molar-refractivity contribution in [2.45, 2.75) is 18.2 Å². The van der Waals surface area contributed by atoms with Gasteiger partial charge in [0.25, 0.3) is 10.0 Å². The average Bonchev–Trinajstić information content (AvgIpc) is 2.94. The largest absolute Gasteiger partial charge is 0.491 e. The molecule has 1 heterocycles. The van der Waals surface area contributed by atoms with Crippen molar-refractivity contribution in [2.24, 2.45) is 0 Å². The summed E-state index contributed by atoms with van der Waals surface area (Å²) in [5.41, 5.74) is 1.68. The molecule has 22 heavy (non-hydrogen) atoms. The highest BCUT2D eigenvalue weighted by Gasteiger charge is 2.31. The summed E-state index contributed by atoms with van der Waals surface area (Å²) in [4.78, 5) is 0.0362. The Labute approximate surface area is 129 Å². The minimum Gasteiger partial charge on any atom is -0.491 e. The van der Waals surface area contributed by atoms with E-state index < -0.39 is 15.8 Å². The number of sulfonamides is 1. The highest BCUT2D eigenvalue weighted by Crippen LogP contribution is 2.33. The molecule has 2 aromatic carbocycles. The maximum Gasteiger partial charge on any atom is 0.264 e. The van der Waals surface area contributed by atoms with Crippen LogP contribution in [0.1, 0.15) is 12.5 Å². The van der Waals surface area contributed by atoms with E-state index in [2.05, 4.69) is 0 Å². The number of anilines is 1. The van der Waals surface area contributed by atoms with E-state index in [1.807, 2.05) is 18.2 Å². The maximum atomic E-state index is 13.6. The van der Waals surface area contributed by atoms with Crippen molar-refractivity contribution in [3.63, 3.8) is 0 Å². The average molecular weight is 321 g/mol. The normalized spacial score (nSPS) is 14.0. The predicted octanol–water partition coefficient (Wildman–Crippen LogP) is 2.98. The zero-order valence-corrected chi connectivity index (χ0v) is 12.9. The van der Waals surface area contributed by atoms with Gasteiger partial charge >= 0.3 is 0 Å². The summed E-state index contributed by atoms with van der Waals surface area (Å²) < 4.78 is 45.8. The third kappa shape index (κ3) is 2.43. The van der Waals surface area contributed by atoms with Gasteiger partial charge in [0, 0.05) is 12.6 Å². The Hall–Kier alpha value is -2.08. The molecule has 4 nitrogen and oxygen atoms in total. The van der Waals surface area contributed by atoms with Crippen molar-refractivity contribution in [3.8, 4) is 5.75 Å². The lowest BCUT2D eigenvalue weighted by atomic mass is 10.2. The first kappa shape index (κ1) is 14.8. The van der Waals surface area contributed by atoms with Gasteiger partial charge in [-0.05, 0) is 37.1 Å². The minimum atomic E-state index is -3.72. The fourth-order valence-electron chi connectivity index (χ4n) is 2.60. The number of benzene rings is 2. The molecule has 0 N–H and O–H groups in total. The first-order valence-corrected chi connectivity index (χ1v) is 8.51. The molecule has 3 rings (SSSR count). The molecule has 0 saturated carbocycles. The van der Waals surface area contributed by atoms with Gasteiger partial charge in [-0.1, -0.05) is 18.2 Å². The van der Waals surface area contributed by atoms with Crippen LogP contribution >= 0.6 is 0 Å². The number of halogens is 1. The molecule has 0 bridgehead atoms. The van der Waals surface area contributed by atoms with Gasteiger partial charge in [0.1, 0.15) is 0 Å². The van der Waals surface area contributed by atoms with E-state index in [1.54, 1.807) is 13.0 Å². The Morgan fingerprint density at radius 1 is 1.23 bits per heavy atom. The van der Waals surface area contributed by atoms with Crippen LogP contribution in [-0.4, -0.2) is 21.6 Å². The van der Waals surface area contributed by atoms with Crippen LogP contribution in [0.25, 0.3) is 0 Å². The van der Waals surface area contributed by atoms with Crippen molar-refractivity contribution in [1.82, 2.24) is 0 Å². The van der Waals surface area contributed by atoms with Crippen LogP contribution in [0, 0.1) is 5.82 Å². The molecule has 0 unspecified atom stereocenters. The van der Waals surface area contributed by atoms with E-state index in [0.717, 1.165) is 11.6 Å². The molecule has 0 spiro atoms. The number of rotatable bonds is 4. The topological polar surface area (TPSA) is 46.6 Å². The van der Waals surface area contributed by atoms with Crippen LogP contribution in [0.5, 0.6) is 5.75 Å². The number of hydrogen-bond donors (Lipinski definition) is 0. The van der Waals surface area contributed by atoms with Crippen LogP contribution in [0.4, 0.5) is 10.1 Å². The van der Waals surface area contributed by atoms with E-state index in [-0.39, 0.29) is 17.3 Å². The number of ether oxygens (including phenoxy) is 1. The van der Waals surface area contributed by atoms with Crippen LogP contribution in [-0.2, 0) is 16.4 Å². The Balaban J connectivity index is 2.03. The van der Waals surface area contributed by atoms with E-state index in [4.69, 9.17) is 4.74 Å². The summed E-state index contributed by atoms with van der Waals surface area (Å²) in [6, 6.07) is 11.0. The lowest BCUT2D eigenvalue weighted by Gasteiger charge is -2.20. The van der Waals surface area contributed by atoms with Gasteiger partial charge in [0.05, 0.1) is 17.2 Å². The molecule has 2 aromatic rings. The third-order valence-electron chi connectivity index (χ3n) is 3.64. The molecule has 6 heteroatoms. The molecule has 0 aliphatic carbocycles. The number of fused-ring (bicyclic) bond motifs is 1. The van der Waals surface area contributed by atoms with Crippen molar-refractivity contribution in [1.29, 1.82) is 0 Å². The zero-order chi connectivity index (χ0) is 15.7. The highest BCUT2D eigenvalue weighted by atomic mass is 32.2. The molecule has 116 valence electrons. The Bertz CT molecular complexity index is 805. The van der Waals surface area contributed by atoms with Crippen LogP contribution in [0.2, 0.25) is 0 Å². The second-order valence-electron chi connectivity index (χ2n) is 4.98. The van der Waals surface area contributed by atoms with Crippen LogP contribution in [0.15, 0.2) is 47.4 Å². The second kappa shape index (κ2) is 5.61. The molecule has 0 atom stereocenters. The van der Waals surface area contributed by atoms with E-state index >= 15 is 0 Å². The predicted molar refractivity (Wildman–Crippen MR) is 82.2 cm³/mol. The summed E-state index contributed by atoms with van der Waals surface area (Å²) in [6.45, 7) is 2.38. The molecular formula is C16H16FNO3S. The van der Waals surface area contributed by atoms with Crippen LogP contribution < -0.4 is 9.04 Å². The molecule has 0 aromatic heterocycles. The van der Waals surface area contributed by atoms with Gasteiger partial charge in [-0.2, -0.15) is 0 Å². The third-order valence-corrected chi connectivity index (χ3v) is 5.44. The SMILES string of the molecule is CCOc1cc(S(=O)(=O)N2CCc3ccccc32)ccc1F. The molecule has 0 saturated heterocycles. The smallest absolute Gasteiger partial charge is 0.264 e. The molecule has 0 amide bonds. The standard InChI is InChI=1S/C16H16FNO3S/c1-2-21-16-11-13(7-8-14(16)17)22(19,20)18-10-9-12-5-3-4-6-15(12)18/h3-8,11H,2,9-10H2,1H3. The van der Waals surface area contributed by atoms with Crippen molar-refractivity contribution in [2.75, 3.05) is 17.5 Å². The highest BCUT2D eigenvalue weighted by molar-refractivity contribution is 7.92. The summed E-state index contributed by atoms with van der Waals surface area (Å²) in [6.07, 6.45) is 0.676. The molecule has 0 fully saturated rings. The number of hydrogen-bond acceptors (Lipinski definition) is 3. The summed E-state index contributed by atoms with van der Waals surface area (Å²) >= 11 is 0. The van der Waals surface area contributed by atoms with Gasteiger partial charge in [-0.3, -0.25) is 4.31 Å². The van der Waals surface area contributed by atoms with Gasteiger partial charge in [-0.25, -0.2) is 12.8 Å². The second-order valence-corrected chi connectivity index (χ2v) is 6.84. The molecular weight excluding hydrogens is 305 g/mol. The fourth-order valence-corrected chi connectivity index (χ4v) is 4.11. The summed E-state index contributed by atoms with van der Waals surface area (Å²) in [7, 11) is -3.72. The molecule has 1 aliphatic heterocycles. The van der Waals surface area contributed by atoms with Gasteiger partial charge < -0.3 is 4.74 Å². The molecule has 0 radical (unpaired) electrons. The van der Waals surface area contributed by atoms with Crippen molar-refractivity contribution < 1.29 is 17.5 Å². The first-order valence-electron chi connectivity index (χ1n) is 7.07. The fraction of sp³-hybridized carbons (Fsp3) is 0.250. The minimum absolute atomic E-state index is 0.0362. The monoisotopic (exact) mass is 321 g/mol. The molecule has 1 aliphatic rings. The van der Waals surface area contributed by atoms with Gasteiger partial charge in [0.15, 0.2) is 11.6 Å². The zero-order valence-electron chi connectivity index (χ0n) is 12.1. The van der Waals surface area contributed by atoms with E-state index in [0.29, 0.717) is 18.7 Å². The van der Waals surface area contributed by atoms with Gasteiger partial charge in [0.2, 0.25) is 0 Å². The van der Waals surface area contributed by atoms with E-state index in [9.17, 15) is 12.8 Å². The Morgan fingerprint density at radius 2 is 2.00 bits per heavy atom. The number of nitrogens with zero attached hydrogens (tertiary/aromatic N) is 1. The lowest BCUT2D eigenvalue weighted by Crippen LogP contribution is -2.29. The van der Waals surface area contributed by atoms with Crippen molar-refractivity contribution in [3.05, 3.63) is 53.8 Å². The lowest BCUT2D eigenvalue weighted by molar-refractivity contribution is 0.320. The van der Waals surface area contributed by atoms with Crippen LogP contribution in [0.3, 0.4) is 0 Å². The van der Waals surface area contributed by atoms with Crippen molar-refractivity contribution >= 4 is 15.7 Å². The summed E-state index contributed by atoms with van der Waals surface area (Å²) in [5, 5.41) is 0.